The summed E-state index contributed by atoms with van der Waals surface area (Å²) in [5.74, 6) is -0.792. The summed E-state index contributed by atoms with van der Waals surface area (Å²) in [6.07, 6.45) is 0.207. The summed E-state index contributed by atoms with van der Waals surface area (Å²) in [5.41, 5.74) is 2.96. The highest BCUT2D eigenvalue weighted by Gasteiger charge is 2.29. The average Bonchev–Trinajstić information content (AvgIpc) is 2.79. The number of carbonyl (C=O) groups excluding carboxylic acids is 3. The molecule has 0 saturated heterocycles. The molecule has 2 amide bonds. The first-order chi connectivity index (χ1) is 13.4. The van der Waals surface area contributed by atoms with Crippen molar-refractivity contribution in [3.05, 3.63) is 53.6 Å². The highest BCUT2D eigenvalue weighted by Crippen LogP contribution is 2.31. The van der Waals surface area contributed by atoms with Gasteiger partial charge in [-0.3, -0.25) is 9.59 Å². The Balaban J connectivity index is 1.85. The highest BCUT2D eigenvalue weighted by molar-refractivity contribution is 6.06. The van der Waals surface area contributed by atoms with Crippen molar-refractivity contribution in [2.75, 3.05) is 29.2 Å². The molecule has 2 aromatic carbocycles. The molecule has 28 heavy (non-hydrogen) atoms. The first-order valence-corrected chi connectivity index (χ1v) is 9.05. The maximum Gasteiger partial charge on any atom is 0.340 e. The van der Waals surface area contributed by atoms with Crippen molar-refractivity contribution in [3.63, 3.8) is 0 Å². The number of nitrogens with one attached hydrogen (secondary N) is 2. The summed E-state index contributed by atoms with van der Waals surface area (Å²) in [6, 6.07) is 12.3. The summed E-state index contributed by atoms with van der Waals surface area (Å²) in [4.78, 5) is 38.8. The third-order valence-electron chi connectivity index (χ3n) is 4.72. The van der Waals surface area contributed by atoms with Crippen molar-refractivity contribution in [1.29, 1.82) is 0 Å². The first kappa shape index (κ1) is 19.4. The number of aryl methyl sites for hydroxylation is 1. The molecule has 0 saturated carbocycles. The summed E-state index contributed by atoms with van der Waals surface area (Å²) >= 11 is 0. The van der Waals surface area contributed by atoms with Gasteiger partial charge >= 0.3 is 5.97 Å². The Kier molecular flexibility index (Phi) is 5.63. The molecule has 7 nitrogen and oxygen atoms in total. The zero-order valence-corrected chi connectivity index (χ0v) is 16.1. The molecule has 1 aliphatic rings. The number of methoxy groups -OCH3 is 1. The molecule has 0 aromatic heterocycles. The molecule has 2 N–H and O–H groups in total. The number of esters is 1. The minimum absolute atomic E-state index is 0.0275. The van der Waals surface area contributed by atoms with Crippen LogP contribution in [0.15, 0.2) is 42.5 Å². The number of nitrogens with zero attached hydrogens (tertiary/aromatic N) is 1. The fourth-order valence-electron chi connectivity index (χ4n) is 3.41. The van der Waals surface area contributed by atoms with Crippen molar-refractivity contribution in [1.82, 2.24) is 0 Å². The number of rotatable bonds is 4. The molecule has 7 heteroatoms. The Hall–Kier alpha value is -3.35. The number of carbonyl (C=O) groups is 3. The molecule has 0 spiro atoms. The first-order valence-electron chi connectivity index (χ1n) is 9.05. The Morgan fingerprint density at radius 2 is 1.96 bits per heavy atom. The molecule has 0 bridgehead atoms. The standard InChI is InChI=1S/C21H23N3O4/c1-13-7-6-9-16(20(13)21(27)28-3)22-12-19(26)24-14(2)11-18(25)23-15-8-4-5-10-17(15)24/h4-10,14,22H,11-12H2,1-3H3,(H,23,25)/t14-/m1/s1. The third-order valence-corrected chi connectivity index (χ3v) is 4.72. The largest absolute Gasteiger partial charge is 0.465 e. The van der Waals surface area contributed by atoms with Gasteiger partial charge in [0, 0.05) is 18.2 Å². The Morgan fingerprint density at radius 1 is 1.21 bits per heavy atom. The second-order valence-electron chi connectivity index (χ2n) is 6.72. The Labute approximate surface area is 163 Å². The molecular weight excluding hydrogens is 358 g/mol. The van der Waals surface area contributed by atoms with E-state index in [1.807, 2.05) is 38.1 Å². The van der Waals surface area contributed by atoms with Gasteiger partial charge in [0.1, 0.15) is 0 Å². The van der Waals surface area contributed by atoms with Gasteiger partial charge in [-0.1, -0.05) is 24.3 Å². The molecule has 0 aliphatic carbocycles. The quantitative estimate of drug-likeness (QED) is 0.795. The van der Waals surface area contributed by atoms with E-state index in [0.29, 0.717) is 22.6 Å². The molecule has 2 aromatic rings. The SMILES string of the molecule is COC(=O)c1c(C)cccc1NCC(=O)N1c2ccccc2NC(=O)C[C@H]1C. The number of anilines is 3. The monoisotopic (exact) mass is 381 g/mol. The van der Waals surface area contributed by atoms with Crippen LogP contribution in [0, 0.1) is 6.92 Å². The predicted molar refractivity (Wildman–Crippen MR) is 108 cm³/mol. The van der Waals surface area contributed by atoms with E-state index < -0.39 is 5.97 Å². The van der Waals surface area contributed by atoms with E-state index in [-0.39, 0.29) is 30.8 Å². The number of amides is 2. The van der Waals surface area contributed by atoms with Crippen LogP contribution in [-0.4, -0.2) is 37.5 Å². The van der Waals surface area contributed by atoms with Gasteiger partial charge in [-0.2, -0.15) is 0 Å². The lowest BCUT2D eigenvalue weighted by molar-refractivity contribution is -0.118. The molecule has 3 rings (SSSR count). The smallest absolute Gasteiger partial charge is 0.340 e. The molecular formula is C21H23N3O4. The molecule has 146 valence electrons. The highest BCUT2D eigenvalue weighted by atomic mass is 16.5. The topological polar surface area (TPSA) is 87.7 Å². The number of benzene rings is 2. The van der Waals surface area contributed by atoms with Crippen molar-refractivity contribution < 1.29 is 19.1 Å². The maximum absolute atomic E-state index is 13.0. The number of hydrogen-bond acceptors (Lipinski definition) is 5. The average molecular weight is 381 g/mol. The van der Waals surface area contributed by atoms with E-state index in [2.05, 4.69) is 10.6 Å². The summed E-state index contributed by atoms with van der Waals surface area (Å²) in [7, 11) is 1.32. The summed E-state index contributed by atoms with van der Waals surface area (Å²) < 4.78 is 4.85. The van der Waals surface area contributed by atoms with E-state index in [1.54, 1.807) is 23.1 Å². The van der Waals surface area contributed by atoms with Crippen LogP contribution >= 0.6 is 0 Å². The number of fused-ring (bicyclic) bond motifs is 1. The molecule has 0 fully saturated rings. The molecule has 0 radical (unpaired) electrons. The van der Waals surface area contributed by atoms with E-state index in [1.165, 1.54) is 7.11 Å². The predicted octanol–water partition coefficient (Wildman–Crippen LogP) is 2.96. The lowest BCUT2D eigenvalue weighted by Gasteiger charge is -2.28. The fraction of sp³-hybridized carbons (Fsp3) is 0.286. The van der Waals surface area contributed by atoms with Crippen LogP contribution < -0.4 is 15.5 Å². The zero-order chi connectivity index (χ0) is 20.3. The van der Waals surface area contributed by atoms with Gasteiger partial charge in [-0.25, -0.2) is 4.79 Å². The van der Waals surface area contributed by atoms with Crippen molar-refractivity contribution in [2.45, 2.75) is 26.3 Å². The lowest BCUT2D eigenvalue weighted by Crippen LogP contribution is -2.42. The van der Waals surface area contributed by atoms with E-state index in [0.717, 1.165) is 5.56 Å². The van der Waals surface area contributed by atoms with Gasteiger partial charge in [-0.15, -0.1) is 0 Å². The minimum atomic E-state index is -0.462. The van der Waals surface area contributed by atoms with Crippen LogP contribution in [0.5, 0.6) is 0 Å². The van der Waals surface area contributed by atoms with Crippen LogP contribution in [-0.2, 0) is 14.3 Å². The number of ether oxygens (including phenoxy) is 1. The van der Waals surface area contributed by atoms with Crippen molar-refractivity contribution in [3.8, 4) is 0 Å². The molecule has 1 aliphatic heterocycles. The van der Waals surface area contributed by atoms with Gasteiger partial charge in [0.25, 0.3) is 0 Å². The Morgan fingerprint density at radius 3 is 2.71 bits per heavy atom. The third kappa shape index (κ3) is 3.83. The van der Waals surface area contributed by atoms with Crippen LogP contribution in [0.25, 0.3) is 0 Å². The van der Waals surface area contributed by atoms with Gasteiger partial charge in [0.05, 0.1) is 30.6 Å². The number of hydrogen-bond donors (Lipinski definition) is 2. The van der Waals surface area contributed by atoms with Gasteiger partial charge in [0.2, 0.25) is 11.8 Å². The Bertz CT molecular complexity index is 926. The fourth-order valence-corrected chi connectivity index (χ4v) is 3.41. The number of para-hydroxylation sites is 2. The van der Waals surface area contributed by atoms with Crippen LogP contribution in [0.3, 0.4) is 0 Å². The second-order valence-corrected chi connectivity index (χ2v) is 6.72. The minimum Gasteiger partial charge on any atom is -0.465 e. The molecule has 1 atom stereocenters. The van der Waals surface area contributed by atoms with Crippen LogP contribution in [0.1, 0.15) is 29.3 Å². The lowest BCUT2D eigenvalue weighted by atomic mass is 10.1. The van der Waals surface area contributed by atoms with Gasteiger partial charge in [-0.05, 0) is 37.6 Å². The van der Waals surface area contributed by atoms with Crippen LogP contribution in [0.2, 0.25) is 0 Å². The van der Waals surface area contributed by atoms with Gasteiger partial charge < -0.3 is 20.3 Å². The molecule has 1 heterocycles. The summed E-state index contributed by atoms with van der Waals surface area (Å²) in [5, 5.41) is 5.89. The van der Waals surface area contributed by atoms with E-state index >= 15 is 0 Å². The van der Waals surface area contributed by atoms with Crippen molar-refractivity contribution in [2.24, 2.45) is 0 Å². The summed E-state index contributed by atoms with van der Waals surface area (Å²) in [6.45, 7) is 3.62. The van der Waals surface area contributed by atoms with Crippen LogP contribution in [0.4, 0.5) is 17.1 Å². The molecule has 0 unspecified atom stereocenters. The maximum atomic E-state index is 13.0. The van der Waals surface area contributed by atoms with Gasteiger partial charge in [0.15, 0.2) is 0 Å². The zero-order valence-electron chi connectivity index (χ0n) is 16.1. The second kappa shape index (κ2) is 8.12. The van der Waals surface area contributed by atoms with E-state index in [9.17, 15) is 14.4 Å². The van der Waals surface area contributed by atoms with Crippen molar-refractivity contribution >= 4 is 34.8 Å². The normalized spacial score (nSPS) is 15.9. The van der Waals surface area contributed by atoms with E-state index in [4.69, 9.17) is 4.74 Å².